The zero-order chi connectivity index (χ0) is 17.5. The van der Waals surface area contributed by atoms with Crippen LogP contribution in [0.3, 0.4) is 0 Å². The summed E-state index contributed by atoms with van der Waals surface area (Å²) in [6, 6.07) is 6.46. The quantitative estimate of drug-likeness (QED) is 0.638. The van der Waals surface area contributed by atoms with Crippen LogP contribution in [-0.2, 0) is 0 Å². The molecule has 1 aliphatic heterocycles. The topological polar surface area (TPSA) is 9.23 Å². The van der Waals surface area contributed by atoms with Gasteiger partial charge in [-0.15, -0.1) is 0 Å². The Kier molecular flexibility index (Phi) is 8.96. The summed E-state index contributed by atoms with van der Waals surface area (Å²) in [4.78, 5) is 0. The van der Waals surface area contributed by atoms with Crippen molar-refractivity contribution in [1.29, 1.82) is 0 Å². The summed E-state index contributed by atoms with van der Waals surface area (Å²) >= 11 is 0. The molecule has 2 nitrogen and oxygen atoms in total. The van der Waals surface area contributed by atoms with Gasteiger partial charge in [0.15, 0.2) is 0 Å². The number of nitrogens with zero attached hydrogens (tertiary/aromatic N) is 1. The van der Waals surface area contributed by atoms with E-state index in [1.54, 1.807) is 0 Å². The van der Waals surface area contributed by atoms with Crippen LogP contribution in [0.2, 0.25) is 0 Å². The van der Waals surface area contributed by atoms with E-state index in [0.717, 1.165) is 18.3 Å². The summed E-state index contributed by atoms with van der Waals surface area (Å²) in [5.74, 6) is 2.08. The van der Waals surface area contributed by atoms with Crippen LogP contribution in [-0.4, -0.2) is 37.3 Å². The minimum absolute atomic E-state index is 0. The summed E-state index contributed by atoms with van der Waals surface area (Å²) in [5.41, 5.74) is 2.55. The molecule has 3 heteroatoms. The number of rotatable bonds is 6. The summed E-state index contributed by atoms with van der Waals surface area (Å²) in [6.07, 6.45) is 13.0. The van der Waals surface area contributed by atoms with Crippen molar-refractivity contribution in [3.63, 3.8) is 0 Å². The third-order valence-electron chi connectivity index (χ3n) is 6.61. The summed E-state index contributed by atoms with van der Waals surface area (Å²) in [6.45, 7) is 10.6. The van der Waals surface area contributed by atoms with Crippen LogP contribution in [0.5, 0.6) is 5.75 Å². The van der Waals surface area contributed by atoms with Crippen molar-refractivity contribution in [2.45, 2.75) is 71.6 Å². The molecule has 0 atom stereocenters. The number of likely N-dealkylation sites (tertiary alicyclic amines) is 1. The molecule has 2 aliphatic rings. The first-order valence-corrected chi connectivity index (χ1v) is 10.7. The fraction of sp³-hybridized carbons (Fsp3) is 0.739. The smallest absolute Gasteiger partial charge is 0.137 e. The largest absolute Gasteiger partial charge is 1.00 e. The van der Waals surface area contributed by atoms with Crippen LogP contribution in [0.4, 0.5) is 0 Å². The summed E-state index contributed by atoms with van der Waals surface area (Å²) in [7, 11) is 0. The van der Waals surface area contributed by atoms with Crippen LogP contribution in [0.25, 0.3) is 0 Å². The monoisotopic (exact) mass is 423 g/mol. The predicted molar refractivity (Wildman–Crippen MR) is 106 cm³/mol. The number of benzene rings is 1. The maximum Gasteiger partial charge on any atom is 0.137 e. The summed E-state index contributed by atoms with van der Waals surface area (Å²) < 4.78 is 7.64. The highest BCUT2D eigenvalue weighted by Crippen LogP contribution is 2.29. The van der Waals surface area contributed by atoms with Crippen molar-refractivity contribution in [2.24, 2.45) is 5.92 Å². The molecule has 0 unspecified atom stereocenters. The number of hydrogen-bond acceptors (Lipinski definition) is 1. The fourth-order valence-electron chi connectivity index (χ4n) is 5.14. The van der Waals surface area contributed by atoms with Gasteiger partial charge in [-0.3, -0.25) is 0 Å². The van der Waals surface area contributed by atoms with Crippen LogP contribution < -0.4 is 21.7 Å². The highest BCUT2D eigenvalue weighted by atomic mass is 79.9. The standard InChI is InChI=1S/C23H38NO.BrH/c1-20-11-10-12-21(2)23(20)25-18-17-24(15-8-3-4-9-16-24)19-22-13-6-5-7-14-22;/h10-12,22H,3-9,13-19H2,1-2H3;1H/q+1;/p-1. The molecule has 0 N–H and O–H groups in total. The van der Waals surface area contributed by atoms with E-state index in [2.05, 4.69) is 32.0 Å². The van der Waals surface area contributed by atoms with E-state index in [4.69, 9.17) is 4.74 Å². The van der Waals surface area contributed by atoms with Crippen molar-refractivity contribution in [3.8, 4) is 5.75 Å². The highest BCUT2D eigenvalue weighted by molar-refractivity contribution is 5.39. The normalized spacial score (nSPS) is 20.8. The lowest BCUT2D eigenvalue weighted by Gasteiger charge is -2.41. The second-order valence-corrected chi connectivity index (χ2v) is 8.68. The van der Waals surface area contributed by atoms with Crippen LogP contribution in [0.1, 0.15) is 68.9 Å². The van der Waals surface area contributed by atoms with E-state index in [1.807, 2.05) is 0 Å². The van der Waals surface area contributed by atoms with Crippen molar-refractivity contribution in [3.05, 3.63) is 29.3 Å². The van der Waals surface area contributed by atoms with Gasteiger partial charge in [0, 0.05) is 5.92 Å². The molecule has 1 aromatic carbocycles. The highest BCUT2D eigenvalue weighted by Gasteiger charge is 2.32. The lowest BCUT2D eigenvalue weighted by atomic mass is 9.88. The van der Waals surface area contributed by atoms with Gasteiger partial charge < -0.3 is 26.2 Å². The van der Waals surface area contributed by atoms with Gasteiger partial charge in [0.05, 0.1) is 19.6 Å². The second kappa shape index (κ2) is 10.7. The number of hydrogen-bond donors (Lipinski definition) is 0. The van der Waals surface area contributed by atoms with Crippen LogP contribution in [0, 0.1) is 19.8 Å². The summed E-state index contributed by atoms with van der Waals surface area (Å²) in [5, 5.41) is 0. The Morgan fingerprint density at radius 2 is 1.46 bits per heavy atom. The Morgan fingerprint density at radius 1 is 0.885 bits per heavy atom. The second-order valence-electron chi connectivity index (χ2n) is 8.68. The lowest BCUT2D eigenvalue weighted by molar-refractivity contribution is -0.930. The molecule has 1 saturated carbocycles. The van der Waals surface area contributed by atoms with Crippen molar-refractivity contribution in [2.75, 3.05) is 32.8 Å². The minimum atomic E-state index is 0. The number of quaternary nitrogens is 1. The molecule has 0 amide bonds. The Hall–Kier alpha value is -0.540. The number of ether oxygens (including phenoxy) is 1. The van der Waals surface area contributed by atoms with Gasteiger partial charge in [-0.2, -0.15) is 0 Å². The molecule has 0 spiro atoms. The lowest BCUT2D eigenvalue weighted by Crippen LogP contribution is -3.00. The Morgan fingerprint density at radius 3 is 2.08 bits per heavy atom. The molecule has 1 heterocycles. The first-order valence-electron chi connectivity index (χ1n) is 10.7. The van der Waals surface area contributed by atoms with Crippen LogP contribution in [0.15, 0.2) is 18.2 Å². The molecule has 3 rings (SSSR count). The van der Waals surface area contributed by atoms with Gasteiger partial charge in [0.2, 0.25) is 0 Å². The zero-order valence-electron chi connectivity index (χ0n) is 16.9. The molecule has 0 bridgehead atoms. The third-order valence-corrected chi connectivity index (χ3v) is 6.61. The Labute approximate surface area is 171 Å². The van der Waals surface area contributed by atoms with Gasteiger partial charge in [0.25, 0.3) is 0 Å². The third kappa shape index (κ3) is 5.99. The number of para-hydroxylation sites is 1. The van der Waals surface area contributed by atoms with E-state index in [1.165, 1.54) is 99.6 Å². The van der Waals surface area contributed by atoms with Gasteiger partial charge in [-0.1, -0.05) is 37.5 Å². The Balaban J connectivity index is 0.00000243. The van der Waals surface area contributed by atoms with E-state index < -0.39 is 0 Å². The maximum absolute atomic E-state index is 6.31. The first kappa shape index (κ1) is 21.8. The Bertz CT molecular complexity index is 511. The molecule has 1 saturated heterocycles. The van der Waals surface area contributed by atoms with E-state index in [9.17, 15) is 0 Å². The average Bonchev–Trinajstić information content (AvgIpc) is 2.84. The van der Waals surface area contributed by atoms with Gasteiger partial charge >= 0.3 is 0 Å². The average molecular weight is 424 g/mol. The number of halogens is 1. The molecule has 1 aromatic rings. The molecule has 148 valence electrons. The molecule has 2 fully saturated rings. The fourth-order valence-corrected chi connectivity index (χ4v) is 5.14. The molecule has 0 radical (unpaired) electrons. The molecular formula is C23H38BrNO. The first-order chi connectivity index (χ1) is 12.2. The molecule has 0 aromatic heterocycles. The van der Waals surface area contributed by atoms with Gasteiger partial charge in [-0.05, 0) is 63.5 Å². The molecule has 26 heavy (non-hydrogen) atoms. The van der Waals surface area contributed by atoms with Gasteiger partial charge in [0.1, 0.15) is 18.9 Å². The SMILES string of the molecule is Cc1cccc(C)c1OCC[N+]1(CC2CCCCC2)CCCCCC1.[Br-]. The van der Waals surface area contributed by atoms with Crippen molar-refractivity contribution < 1.29 is 26.2 Å². The molecule has 1 aliphatic carbocycles. The van der Waals surface area contributed by atoms with Crippen molar-refractivity contribution in [1.82, 2.24) is 0 Å². The van der Waals surface area contributed by atoms with E-state index in [-0.39, 0.29) is 17.0 Å². The maximum atomic E-state index is 6.31. The molecular weight excluding hydrogens is 386 g/mol. The van der Waals surface area contributed by atoms with Crippen molar-refractivity contribution >= 4 is 0 Å². The van der Waals surface area contributed by atoms with E-state index in [0.29, 0.717) is 0 Å². The number of aryl methyl sites for hydroxylation is 2. The zero-order valence-corrected chi connectivity index (χ0v) is 18.5. The minimum Gasteiger partial charge on any atom is -1.00 e. The van der Waals surface area contributed by atoms with Crippen LogP contribution >= 0.6 is 0 Å². The van der Waals surface area contributed by atoms with E-state index >= 15 is 0 Å². The van der Waals surface area contributed by atoms with Gasteiger partial charge in [-0.25, -0.2) is 0 Å². The predicted octanol–water partition coefficient (Wildman–Crippen LogP) is 2.66.